The van der Waals surface area contributed by atoms with E-state index in [1.54, 1.807) is 0 Å². The van der Waals surface area contributed by atoms with Gasteiger partial charge in [0.1, 0.15) is 0 Å². The Kier molecular flexibility index (Phi) is 12.1. The van der Waals surface area contributed by atoms with Gasteiger partial charge in [0.2, 0.25) is 0 Å². The molecular weight excluding hydrogens is 508 g/mol. The topological polar surface area (TPSA) is 34.1 Å². The molecule has 0 aromatic heterocycles. The molecule has 1 aromatic carbocycles. The third kappa shape index (κ3) is 8.22. The Hall–Kier alpha value is -0.280. The quantitative estimate of drug-likeness (QED) is 0.322. The molecule has 0 saturated carbocycles. The number of piperazine rings is 1. The van der Waals surface area contributed by atoms with Crippen molar-refractivity contribution in [2.45, 2.75) is 20.4 Å². The molecule has 1 aliphatic rings. The van der Waals surface area contributed by atoms with Crippen LogP contribution in [0.2, 0.25) is 10.0 Å². The summed E-state index contributed by atoms with van der Waals surface area (Å²) < 4.78 is 0. The molecule has 0 amide bonds. The number of hydrogen-bond donors (Lipinski definition) is 1. The summed E-state index contributed by atoms with van der Waals surface area (Å²) in [5.74, 6) is 1.46. The fourth-order valence-electron chi connectivity index (χ4n) is 3.43. The number of aliphatic imine (C=N–C) groups is 1. The van der Waals surface area contributed by atoms with Gasteiger partial charge in [-0.15, -0.1) is 24.0 Å². The Morgan fingerprint density at radius 2 is 1.82 bits per heavy atom. The van der Waals surface area contributed by atoms with Crippen LogP contribution in [0.4, 0.5) is 0 Å². The van der Waals surface area contributed by atoms with Crippen molar-refractivity contribution in [1.82, 2.24) is 20.0 Å². The van der Waals surface area contributed by atoms with E-state index in [4.69, 9.17) is 23.2 Å². The lowest BCUT2D eigenvalue weighted by atomic mass is 10.1. The van der Waals surface area contributed by atoms with Crippen molar-refractivity contribution in [2.24, 2.45) is 10.9 Å². The van der Waals surface area contributed by atoms with Crippen molar-refractivity contribution in [2.75, 3.05) is 59.9 Å². The highest BCUT2D eigenvalue weighted by molar-refractivity contribution is 14.0. The molecule has 160 valence electrons. The van der Waals surface area contributed by atoms with Crippen molar-refractivity contribution in [1.29, 1.82) is 0 Å². The van der Waals surface area contributed by atoms with Gasteiger partial charge in [0.15, 0.2) is 5.96 Å². The summed E-state index contributed by atoms with van der Waals surface area (Å²) in [5, 5.41) is 4.67. The summed E-state index contributed by atoms with van der Waals surface area (Å²) in [7, 11) is 3.86. The molecule has 1 fully saturated rings. The lowest BCUT2D eigenvalue weighted by Crippen LogP contribution is -2.48. The number of guanidine groups is 1. The fourth-order valence-corrected chi connectivity index (χ4v) is 3.75. The average molecular weight is 542 g/mol. The largest absolute Gasteiger partial charge is 0.356 e. The van der Waals surface area contributed by atoms with E-state index in [0.717, 1.165) is 37.7 Å². The molecular formula is C20H34Cl2IN5. The van der Waals surface area contributed by atoms with Crippen LogP contribution in [0.5, 0.6) is 0 Å². The van der Waals surface area contributed by atoms with Crippen molar-refractivity contribution in [3.63, 3.8) is 0 Å². The zero-order chi connectivity index (χ0) is 19.8. The molecule has 1 N–H and O–H groups in total. The second-order valence-corrected chi connectivity index (χ2v) is 8.19. The third-order valence-corrected chi connectivity index (χ3v) is 5.81. The van der Waals surface area contributed by atoms with E-state index in [9.17, 15) is 0 Å². The predicted molar refractivity (Wildman–Crippen MR) is 132 cm³/mol. The summed E-state index contributed by atoms with van der Waals surface area (Å²) in [5.41, 5.74) is 1.11. The van der Waals surface area contributed by atoms with Crippen LogP contribution < -0.4 is 5.32 Å². The minimum Gasteiger partial charge on any atom is -0.356 e. The first-order chi connectivity index (χ1) is 12.9. The molecule has 5 nitrogen and oxygen atoms in total. The van der Waals surface area contributed by atoms with Crippen LogP contribution in [0.15, 0.2) is 23.2 Å². The van der Waals surface area contributed by atoms with Gasteiger partial charge in [-0.3, -0.25) is 4.99 Å². The first-order valence-electron chi connectivity index (χ1n) is 9.73. The lowest BCUT2D eigenvalue weighted by molar-refractivity contribution is 0.124. The van der Waals surface area contributed by atoms with Crippen molar-refractivity contribution >= 4 is 53.1 Å². The number of nitrogens with one attached hydrogen (secondary N) is 1. The number of halogens is 3. The highest BCUT2D eigenvalue weighted by Gasteiger charge is 2.18. The zero-order valence-corrected chi connectivity index (χ0v) is 21.3. The van der Waals surface area contributed by atoms with Crippen LogP contribution in [0.1, 0.15) is 19.4 Å². The van der Waals surface area contributed by atoms with Gasteiger partial charge in [0.05, 0.1) is 10.0 Å². The summed E-state index contributed by atoms with van der Waals surface area (Å²) >= 11 is 12.1. The van der Waals surface area contributed by atoms with E-state index in [0.29, 0.717) is 16.0 Å². The van der Waals surface area contributed by atoms with Crippen LogP contribution in [-0.4, -0.2) is 80.6 Å². The van der Waals surface area contributed by atoms with E-state index >= 15 is 0 Å². The number of rotatable bonds is 7. The SMILES string of the molecule is CCN1CCN(CC(C)CNC(=NC)N(C)Cc2ccc(Cl)c(Cl)c2)CC1.I. The number of nitrogens with zero attached hydrogens (tertiary/aromatic N) is 4. The van der Waals surface area contributed by atoms with Crippen LogP contribution in [-0.2, 0) is 6.54 Å². The van der Waals surface area contributed by atoms with Gasteiger partial charge in [-0.25, -0.2) is 0 Å². The monoisotopic (exact) mass is 541 g/mol. The van der Waals surface area contributed by atoms with Gasteiger partial charge in [-0.1, -0.05) is 43.1 Å². The maximum atomic E-state index is 6.12. The highest BCUT2D eigenvalue weighted by atomic mass is 127. The minimum absolute atomic E-state index is 0. The average Bonchev–Trinajstić information content (AvgIpc) is 2.66. The van der Waals surface area contributed by atoms with Crippen LogP contribution >= 0.6 is 47.2 Å². The molecule has 28 heavy (non-hydrogen) atoms. The van der Waals surface area contributed by atoms with Crippen molar-refractivity contribution < 1.29 is 0 Å². The summed E-state index contributed by atoms with van der Waals surface area (Å²) in [6.45, 7) is 13.2. The van der Waals surface area contributed by atoms with Gasteiger partial charge in [0, 0.05) is 59.9 Å². The standard InChI is InChI=1S/C20H33Cl2N5.HI/c1-5-26-8-10-27(11-9-26)14-16(2)13-24-20(23-3)25(4)15-17-6-7-18(21)19(22)12-17;/h6-7,12,16H,5,8-11,13-15H2,1-4H3,(H,23,24);1H. The molecule has 0 spiro atoms. The second-order valence-electron chi connectivity index (χ2n) is 7.37. The third-order valence-electron chi connectivity index (χ3n) is 5.07. The number of likely N-dealkylation sites (N-methyl/N-ethyl adjacent to an activating group) is 1. The first-order valence-corrected chi connectivity index (χ1v) is 10.5. The van der Waals surface area contributed by atoms with E-state index < -0.39 is 0 Å². The van der Waals surface area contributed by atoms with Gasteiger partial charge in [0.25, 0.3) is 0 Å². The fraction of sp³-hybridized carbons (Fsp3) is 0.650. The van der Waals surface area contributed by atoms with E-state index in [2.05, 4.69) is 38.9 Å². The highest BCUT2D eigenvalue weighted by Crippen LogP contribution is 2.23. The lowest BCUT2D eigenvalue weighted by Gasteiger charge is -2.35. The van der Waals surface area contributed by atoms with Crippen molar-refractivity contribution in [3.8, 4) is 0 Å². The maximum Gasteiger partial charge on any atom is 0.193 e. The van der Waals surface area contributed by atoms with Gasteiger partial charge in [-0.2, -0.15) is 0 Å². The van der Waals surface area contributed by atoms with Crippen LogP contribution in [0.25, 0.3) is 0 Å². The molecule has 1 atom stereocenters. The minimum atomic E-state index is 0. The molecule has 1 aromatic rings. The van der Waals surface area contributed by atoms with E-state index in [1.807, 2.05) is 32.3 Å². The van der Waals surface area contributed by atoms with E-state index in [1.165, 1.54) is 26.2 Å². The summed E-state index contributed by atoms with van der Waals surface area (Å²) in [6, 6.07) is 5.74. The summed E-state index contributed by atoms with van der Waals surface area (Å²) in [4.78, 5) is 11.6. The van der Waals surface area contributed by atoms with E-state index in [-0.39, 0.29) is 24.0 Å². The first kappa shape index (κ1) is 25.8. The smallest absolute Gasteiger partial charge is 0.193 e. The number of benzene rings is 1. The Bertz CT molecular complexity index is 621. The van der Waals surface area contributed by atoms with Gasteiger partial charge >= 0.3 is 0 Å². The normalized spacial score (nSPS) is 17.1. The molecule has 8 heteroatoms. The van der Waals surface area contributed by atoms with Gasteiger partial charge in [-0.05, 0) is 30.2 Å². The van der Waals surface area contributed by atoms with Crippen LogP contribution in [0, 0.1) is 5.92 Å². The molecule has 0 aliphatic carbocycles. The van der Waals surface area contributed by atoms with Crippen molar-refractivity contribution in [3.05, 3.63) is 33.8 Å². The van der Waals surface area contributed by atoms with Crippen LogP contribution in [0.3, 0.4) is 0 Å². The molecule has 0 radical (unpaired) electrons. The Labute approximate surface area is 197 Å². The Morgan fingerprint density at radius 3 is 2.39 bits per heavy atom. The maximum absolute atomic E-state index is 6.12. The molecule has 1 heterocycles. The second kappa shape index (κ2) is 13.1. The Morgan fingerprint density at radius 1 is 1.18 bits per heavy atom. The zero-order valence-electron chi connectivity index (χ0n) is 17.4. The molecule has 2 rings (SSSR count). The molecule has 1 saturated heterocycles. The van der Waals surface area contributed by atoms with Gasteiger partial charge < -0.3 is 20.0 Å². The number of hydrogen-bond acceptors (Lipinski definition) is 3. The molecule has 0 bridgehead atoms. The Balaban J connectivity index is 0.00000392. The summed E-state index contributed by atoms with van der Waals surface area (Å²) in [6.07, 6.45) is 0. The molecule has 1 unspecified atom stereocenters. The predicted octanol–water partition coefficient (Wildman–Crippen LogP) is 3.89. The molecule has 1 aliphatic heterocycles.